The molecule has 29 heavy (non-hydrogen) atoms. The van der Waals surface area contributed by atoms with E-state index >= 15 is 0 Å². The van der Waals surface area contributed by atoms with Crippen LogP contribution >= 0.6 is 0 Å². The van der Waals surface area contributed by atoms with Gasteiger partial charge in [-0.05, 0) is 36.6 Å². The van der Waals surface area contributed by atoms with Gasteiger partial charge in [0.25, 0.3) is 0 Å². The molecule has 2 heterocycles. The van der Waals surface area contributed by atoms with Crippen LogP contribution in [-0.4, -0.2) is 36.1 Å². The van der Waals surface area contributed by atoms with E-state index in [1.54, 1.807) is 0 Å². The van der Waals surface area contributed by atoms with Gasteiger partial charge in [-0.3, -0.25) is 0 Å². The lowest BCUT2D eigenvalue weighted by Gasteiger charge is -2.36. The summed E-state index contributed by atoms with van der Waals surface area (Å²) in [5.41, 5.74) is 4.62. The minimum Gasteiger partial charge on any atom is -0.368 e. The maximum absolute atomic E-state index is 4.84. The number of hydrogen-bond acceptors (Lipinski definition) is 5. The average Bonchev–Trinajstić information content (AvgIpc) is 2.74. The largest absolute Gasteiger partial charge is 0.368 e. The first kappa shape index (κ1) is 19.2. The van der Waals surface area contributed by atoms with E-state index in [0.29, 0.717) is 11.9 Å². The van der Waals surface area contributed by atoms with Crippen LogP contribution in [0.2, 0.25) is 0 Å². The van der Waals surface area contributed by atoms with Crippen LogP contribution in [0.5, 0.6) is 0 Å². The van der Waals surface area contributed by atoms with Crippen molar-refractivity contribution in [2.75, 3.05) is 41.3 Å². The molecule has 1 aliphatic heterocycles. The highest BCUT2D eigenvalue weighted by atomic mass is 15.3. The van der Waals surface area contributed by atoms with Crippen molar-refractivity contribution < 1.29 is 0 Å². The van der Waals surface area contributed by atoms with E-state index in [0.717, 1.165) is 43.4 Å². The quantitative estimate of drug-likeness (QED) is 0.669. The van der Waals surface area contributed by atoms with Crippen LogP contribution in [0.1, 0.15) is 31.0 Å². The molecule has 3 aromatic rings. The number of aromatic nitrogens is 2. The molecule has 4 rings (SSSR count). The number of aryl methyl sites for hydroxylation is 1. The molecule has 0 atom stereocenters. The first-order chi connectivity index (χ1) is 14.1. The number of hydrogen-bond donors (Lipinski definition) is 1. The summed E-state index contributed by atoms with van der Waals surface area (Å²) in [6.45, 7) is 10.3. The van der Waals surface area contributed by atoms with Crippen molar-refractivity contribution in [3.05, 3.63) is 71.9 Å². The van der Waals surface area contributed by atoms with E-state index in [9.17, 15) is 0 Å². The fourth-order valence-corrected chi connectivity index (χ4v) is 3.84. The molecule has 1 fully saturated rings. The SMILES string of the molecule is Cc1cc(N2CCN(c3ccccc3)CC2)nc(Nc2ccccc2C(C)C)n1. The number of nitrogens with one attached hydrogen (secondary N) is 1. The minimum atomic E-state index is 0.439. The van der Waals surface area contributed by atoms with Gasteiger partial charge >= 0.3 is 0 Å². The molecule has 0 bridgehead atoms. The lowest BCUT2D eigenvalue weighted by molar-refractivity contribution is 0.647. The van der Waals surface area contributed by atoms with Crippen molar-refractivity contribution in [2.24, 2.45) is 0 Å². The van der Waals surface area contributed by atoms with Crippen LogP contribution in [0, 0.1) is 6.92 Å². The van der Waals surface area contributed by atoms with Crippen LogP contribution < -0.4 is 15.1 Å². The first-order valence-corrected chi connectivity index (χ1v) is 10.4. The molecule has 0 aliphatic carbocycles. The van der Waals surface area contributed by atoms with Crippen molar-refractivity contribution in [3.8, 4) is 0 Å². The second-order valence-electron chi connectivity index (χ2n) is 7.87. The third-order valence-corrected chi connectivity index (χ3v) is 5.39. The van der Waals surface area contributed by atoms with Gasteiger partial charge in [-0.25, -0.2) is 4.98 Å². The second-order valence-corrected chi connectivity index (χ2v) is 7.87. The Hall–Kier alpha value is -3.08. The van der Waals surface area contributed by atoms with Gasteiger partial charge in [0.15, 0.2) is 0 Å². The highest BCUT2D eigenvalue weighted by Gasteiger charge is 2.19. The summed E-state index contributed by atoms with van der Waals surface area (Å²) in [5, 5.41) is 3.45. The summed E-state index contributed by atoms with van der Waals surface area (Å²) in [6.07, 6.45) is 0. The van der Waals surface area contributed by atoms with Crippen molar-refractivity contribution >= 4 is 23.1 Å². The van der Waals surface area contributed by atoms with Gasteiger partial charge < -0.3 is 15.1 Å². The summed E-state index contributed by atoms with van der Waals surface area (Å²) in [6, 6.07) is 21.1. The van der Waals surface area contributed by atoms with E-state index in [4.69, 9.17) is 4.98 Å². The molecule has 0 amide bonds. The first-order valence-electron chi connectivity index (χ1n) is 10.4. The van der Waals surface area contributed by atoms with Crippen molar-refractivity contribution in [1.29, 1.82) is 0 Å². The highest BCUT2D eigenvalue weighted by Crippen LogP contribution is 2.27. The van der Waals surface area contributed by atoms with E-state index in [2.05, 4.69) is 88.5 Å². The highest BCUT2D eigenvalue weighted by molar-refractivity contribution is 5.61. The Bertz CT molecular complexity index is 946. The molecule has 0 unspecified atom stereocenters. The third kappa shape index (κ3) is 4.50. The van der Waals surface area contributed by atoms with Crippen molar-refractivity contribution in [1.82, 2.24) is 9.97 Å². The number of anilines is 4. The number of rotatable bonds is 5. The van der Waals surface area contributed by atoms with Crippen molar-refractivity contribution in [3.63, 3.8) is 0 Å². The molecule has 0 spiro atoms. The molecule has 5 nitrogen and oxygen atoms in total. The normalized spacial score (nSPS) is 14.3. The maximum atomic E-state index is 4.84. The lowest BCUT2D eigenvalue weighted by Crippen LogP contribution is -2.46. The Morgan fingerprint density at radius 3 is 2.21 bits per heavy atom. The van der Waals surface area contributed by atoms with Gasteiger partial charge in [0.2, 0.25) is 5.95 Å². The summed E-state index contributed by atoms with van der Waals surface area (Å²) in [7, 11) is 0. The van der Waals surface area contributed by atoms with Gasteiger partial charge in [0.1, 0.15) is 5.82 Å². The third-order valence-electron chi connectivity index (χ3n) is 5.39. The predicted molar refractivity (Wildman–Crippen MR) is 121 cm³/mol. The average molecular weight is 388 g/mol. The molecule has 1 aliphatic rings. The summed E-state index contributed by atoms with van der Waals surface area (Å²) in [5.74, 6) is 2.10. The summed E-state index contributed by atoms with van der Waals surface area (Å²) < 4.78 is 0. The molecule has 1 saturated heterocycles. The van der Waals surface area contributed by atoms with Crippen LogP contribution in [0.15, 0.2) is 60.7 Å². The van der Waals surface area contributed by atoms with Crippen LogP contribution in [0.25, 0.3) is 0 Å². The number of piperazine rings is 1. The lowest BCUT2D eigenvalue weighted by atomic mass is 10.0. The zero-order valence-electron chi connectivity index (χ0n) is 17.5. The predicted octanol–water partition coefficient (Wildman–Crippen LogP) is 4.98. The molecule has 1 aromatic heterocycles. The van der Waals surface area contributed by atoms with E-state index in [1.807, 2.05) is 13.0 Å². The Morgan fingerprint density at radius 2 is 1.48 bits per heavy atom. The number of nitrogens with zero attached hydrogens (tertiary/aromatic N) is 4. The van der Waals surface area contributed by atoms with Crippen LogP contribution in [0.3, 0.4) is 0 Å². The smallest absolute Gasteiger partial charge is 0.229 e. The Labute approximate surface area is 173 Å². The molecule has 1 N–H and O–H groups in total. The van der Waals surface area contributed by atoms with Gasteiger partial charge in [-0.2, -0.15) is 4.98 Å². The molecular formula is C24H29N5. The zero-order chi connectivity index (χ0) is 20.2. The number of benzene rings is 2. The van der Waals surface area contributed by atoms with Gasteiger partial charge in [0.05, 0.1) is 0 Å². The Morgan fingerprint density at radius 1 is 0.828 bits per heavy atom. The number of para-hydroxylation sites is 2. The molecule has 5 heteroatoms. The molecule has 0 saturated carbocycles. The van der Waals surface area contributed by atoms with Crippen LogP contribution in [0.4, 0.5) is 23.1 Å². The summed E-state index contributed by atoms with van der Waals surface area (Å²) in [4.78, 5) is 14.3. The monoisotopic (exact) mass is 387 g/mol. The molecule has 0 radical (unpaired) electrons. The molecular weight excluding hydrogens is 358 g/mol. The van der Waals surface area contributed by atoms with E-state index < -0.39 is 0 Å². The zero-order valence-corrected chi connectivity index (χ0v) is 17.5. The standard InChI is InChI=1S/C24H29N5/c1-18(2)21-11-7-8-12-22(21)26-24-25-19(3)17-23(27-24)29-15-13-28(14-16-29)20-9-5-4-6-10-20/h4-12,17-18H,13-16H2,1-3H3,(H,25,26,27). The van der Waals surface area contributed by atoms with Gasteiger partial charge in [0, 0.05) is 49.3 Å². The van der Waals surface area contributed by atoms with E-state index in [1.165, 1.54) is 11.3 Å². The Kier molecular flexibility index (Phi) is 5.65. The minimum absolute atomic E-state index is 0.439. The van der Waals surface area contributed by atoms with Gasteiger partial charge in [-0.1, -0.05) is 50.2 Å². The molecule has 2 aromatic carbocycles. The van der Waals surface area contributed by atoms with Crippen molar-refractivity contribution in [2.45, 2.75) is 26.7 Å². The second kappa shape index (κ2) is 8.52. The van der Waals surface area contributed by atoms with E-state index in [-0.39, 0.29) is 0 Å². The maximum Gasteiger partial charge on any atom is 0.229 e. The topological polar surface area (TPSA) is 44.3 Å². The fraction of sp³-hybridized carbons (Fsp3) is 0.333. The summed E-state index contributed by atoms with van der Waals surface area (Å²) >= 11 is 0. The van der Waals surface area contributed by atoms with Gasteiger partial charge in [-0.15, -0.1) is 0 Å². The Balaban J connectivity index is 1.50. The molecule has 150 valence electrons. The fourth-order valence-electron chi connectivity index (χ4n) is 3.84. The van der Waals surface area contributed by atoms with Crippen LogP contribution in [-0.2, 0) is 0 Å².